The number of piperidine rings is 2. The minimum Gasteiger partial charge on any atom is -0.393 e. The van der Waals surface area contributed by atoms with Gasteiger partial charge in [0.1, 0.15) is 0 Å². The van der Waals surface area contributed by atoms with Gasteiger partial charge in [-0.15, -0.1) is 0 Å². The fraction of sp³-hybridized carbons (Fsp3) is 0.725. The molecule has 9 aliphatic rings. The van der Waals surface area contributed by atoms with Crippen molar-refractivity contribution in [3.63, 3.8) is 0 Å². The van der Waals surface area contributed by atoms with Crippen molar-refractivity contribution in [1.82, 2.24) is 4.90 Å². The first-order valence-corrected chi connectivity index (χ1v) is 23.4. The van der Waals surface area contributed by atoms with E-state index in [1.165, 1.54) is 130 Å². The molecule has 3 aromatic rings. The predicted molar refractivity (Wildman–Crippen MR) is 220 cm³/mol. The van der Waals surface area contributed by atoms with Crippen LogP contribution >= 0.6 is 0 Å². The summed E-state index contributed by atoms with van der Waals surface area (Å²) in [5.41, 5.74) is 1.44. The number of aliphatic hydroxyl groups is 3. The molecule has 3 aromatic carbocycles. The summed E-state index contributed by atoms with van der Waals surface area (Å²) < 4.78 is 0. The third-order valence-electron chi connectivity index (χ3n) is 20.2. The molecule has 55 heavy (non-hydrogen) atoms. The molecular weight excluding hydrogens is 675 g/mol. The normalized spacial score (nSPS) is 50.0. The summed E-state index contributed by atoms with van der Waals surface area (Å²) >= 11 is 0. The second-order valence-corrected chi connectivity index (χ2v) is 22.3. The number of aliphatic hydroxyl groups excluding tert-OH is 2. The van der Waals surface area contributed by atoms with Crippen LogP contribution in [0.3, 0.4) is 0 Å². The summed E-state index contributed by atoms with van der Waals surface area (Å²) in [6, 6.07) is 20.9. The summed E-state index contributed by atoms with van der Waals surface area (Å²) in [4.78, 5) is 2.81. The van der Waals surface area contributed by atoms with E-state index in [0.29, 0.717) is 41.5 Å². The Morgan fingerprint density at radius 1 is 0.727 bits per heavy atom. The lowest BCUT2D eigenvalue weighted by Gasteiger charge is -2.68. The average molecular weight is 742 g/mol. The van der Waals surface area contributed by atoms with Crippen molar-refractivity contribution in [1.29, 1.82) is 0 Å². The predicted octanol–water partition coefficient (Wildman–Crippen LogP) is 9.94. The Balaban J connectivity index is 0.825. The molecule has 2 spiro atoms. The van der Waals surface area contributed by atoms with Gasteiger partial charge in [-0.25, -0.2) is 0 Å². The zero-order valence-electron chi connectivity index (χ0n) is 33.6. The van der Waals surface area contributed by atoms with E-state index in [1.807, 2.05) is 0 Å². The number of benzene rings is 3. The van der Waals surface area contributed by atoms with Crippen LogP contribution in [0.5, 0.6) is 0 Å². The van der Waals surface area contributed by atoms with Gasteiger partial charge in [0.15, 0.2) is 0 Å². The van der Waals surface area contributed by atoms with E-state index in [-0.39, 0.29) is 34.4 Å². The van der Waals surface area contributed by atoms with E-state index in [1.54, 1.807) is 0 Å². The number of aryl methyl sites for hydroxylation is 1. The molecule has 2 saturated heterocycles. The second-order valence-electron chi connectivity index (χ2n) is 22.3. The fourth-order valence-corrected chi connectivity index (χ4v) is 18.5. The average Bonchev–Trinajstić information content (AvgIpc) is 3.74. The Morgan fingerprint density at radius 2 is 1.55 bits per heavy atom. The molecule has 16 unspecified atom stereocenters. The summed E-state index contributed by atoms with van der Waals surface area (Å²) in [6.45, 7) is 4.84. The number of nitrogens with zero attached hydrogens (tertiary/aromatic N) is 1. The van der Waals surface area contributed by atoms with E-state index < -0.39 is 5.60 Å². The minimum absolute atomic E-state index is 0.0214. The topological polar surface area (TPSA) is 63.9 Å². The highest BCUT2D eigenvalue weighted by atomic mass is 16.3. The quantitative estimate of drug-likeness (QED) is 0.234. The zero-order chi connectivity index (χ0) is 36.9. The second kappa shape index (κ2) is 12.3. The Labute approximate surface area is 329 Å². The summed E-state index contributed by atoms with van der Waals surface area (Å²) in [5.74, 6) is 5.57. The van der Waals surface area contributed by atoms with Gasteiger partial charge in [-0.1, -0.05) is 62.2 Å². The number of hydrogen-bond donors (Lipinski definition) is 3. The molecule has 12 rings (SSSR count). The van der Waals surface area contributed by atoms with E-state index in [9.17, 15) is 15.3 Å². The van der Waals surface area contributed by atoms with Gasteiger partial charge in [-0.3, -0.25) is 4.90 Å². The molecule has 16 atom stereocenters. The van der Waals surface area contributed by atoms with Gasteiger partial charge in [0, 0.05) is 19.1 Å². The lowest BCUT2D eigenvalue weighted by Crippen LogP contribution is -2.71. The maximum Gasteiger partial charge on any atom is 0.0836 e. The van der Waals surface area contributed by atoms with Gasteiger partial charge in [0.05, 0.1) is 17.8 Å². The van der Waals surface area contributed by atoms with E-state index in [4.69, 9.17) is 0 Å². The van der Waals surface area contributed by atoms with E-state index in [2.05, 4.69) is 66.4 Å². The third kappa shape index (κ3) is 4.90. The van der Waals surface area contributed by atoms with Gasteiger partial charge in [-0.05, 0) is 211 Å². The zero-order valence-corrected chi connectivity index (χ0v) is 33.6. The summed E-state index contributed by atoms with van der Waals surface area (Å²) in [7, 11) is 0. The molecule has 4 nitrogen and oxygen atoms in total. The molecular formula is C51H67NO3. The smallest absolute Gasteiger partial charge is 0.0836 e. The molecule has 0 radical (unpaired) electrons. The van der Waals surface area contributed by atoms with Crippen molar-refractivity contribution in [2.75, 3.05) is 13.1 Å². The van der Waals surface area contributed by atoms with Crippen LogP contribution in [0.15, 0.2) is 54.6 Å². The molecule has 0 amide bonds. The van der Waals surface area contributed by atoms with Gasteiger partial charge >= 0.3 is 0 Å². The summed E-state index contributed by atoms with van der Waals surface area (Å²) in [5, 5.41) is 42.8. The van der Waals surface area contributed by atoms with Crippen LogP contribution in [-0.2, 0) is 6.42 Å². The standard InChI is InChI=1S/C51H67NO3/c1-31-9-14-45-51(55)18-4-8-37-23-41-39(40(47(37)51)29-52(45)28-31)24-44-49(41)16-5-17-50(44)30-48(46(54)25-42(50)43(53)27-49)19-15-33(26-48)11-10-32-12-13-36-21-34-6-2-3-7-35(34)22-38(36)20-32/h2-3,6-7,12-13,20-22,31,33,37,39-47,53-55H,4-5,8-11,14-19,23-30H2,1H3. The largest absolute Gasteiger partial charge is 0.393 e. The highest BCUT2D eigenvalue weighted by molar-refractivity contribution is 5.98. The number of hydrogen-bond acceptors (Lipinski definition) is 4. The number of rotatable bonds is 3. The lowest BCUT2D eigenvalue weighted by atomic mass is 9.38. The molecule has 2 aliphatic heterocycles. The van der Waals surface area contributed by atoms with Crippen molar-refractivity contribution in [3.05, 3.63) is 60.2 Å². The minimum atomic E-state index is -0.489. The number of fused-ring (bicyclic) bond motifs is 6. The van der Waals surface area contributed by atoms with Crippen LogP contribution in [0.25, 0.3) is 21.5 Å². The van der Waals surface area contributed by atoms with Crippen LogP contribution in [0, 0.1) is 69.5 Å². The van der Waals surface area contributed by atoms with Crippen LogP contribution in [0.1, 0.15) is 122 Å². The molecule has 2 heterocycles. The molecule has 2 bridgehead atoms. The first kappa shape index (κ1) is 35.0. The van der Waals surface area contributed by atoms with Gasteiger partial charge < -0.3 is 15.3 Å². The molecule has 7 saturated carbocycles. The molecule has 294 valence electrons. The molecule has 0 aromatic heterocycles. The molecule has 9 fully saturated rings. The van der Waals surface area contributed by atoms with Crippen LogP contribution in [-0.4, -0.2) is 57.2 Å². The fourth-order valence-electron chi connectivity index (χ4n) is 18.5. The van der Waals surface area contributed by atoms with Gasteiger partial charge in [-0.2, -0.15) is 0 Å². The monoisotopic (exact) mass is 742 g/mol. The Hall–Kier alpha value is -1.98. The van der Waals surface area contributed by atoms with Crippen molar-refractivity contribution in [2.24, 2.45) is 69.5 Å². The SMILES string of the molecule is CC1CCC2N(C1)CC1C3CC4C56CCCC4(CC(O)C5CC(O)C4(CCC(CCc5ccc7cc8ccccc8cc7c5)C4)C6)C3CC3CCCC2(O)C31. The highest BCUT2D eigenvalue weighted by Gasteiger charge is 2.75. The van der Waals surface area contributed by atoms with Crippen LogP contribution < -0.4 is 0 Å². The maximum absolute atomic E-state index is 12.9. The molecule has 7 aliphatic carbocycles. The Morgan fingerprint density at radius 3 is 2.42 bits per heavy atom. The van der Waals surface area contributed by atoms with E-state index in [0.717, 1.165) is 37.5 Å². The molecule has 3 N–H and O–H groups in total. The lowest BCUT2D eigenvalue weighted by molar-refractivity contribution is -0.239. The van der Waals surface area contributed by atoms with Gasteiger partial charge in [0.2, 0.25) is 0 Å². The van der Waals surface area contributed by atoms with Crippen molar-refractivity contribution >= 4 is 21.5 Å². The van der Waals surface area contributed by atoms with Crippen LogP contribution in [0.4, 0.5) is 0 Å². The van der Waals surface area contributed by atoms with Gasteiger partial charge in [0.25, 0.3) is 0 Å². The van der Waals surface area contributed by atoms with Crippen molar-refractivity contribution in [2.45, 2.75) is 146 Å². The third-order valence-corrected chi connectivity index (χ3v) is 20.2. The first-order valence-electron chi connectivity index (χ1n) is 23.4. The summed E-state index contributed by atoms with van der Waals surface area (Å²) in [6.07, 6.45) is 21.0. The highest BCUT2D eigenvalue weighted by Crippen LogP contribution is 2.79. The van der Waals surface area contributed by atoms with Crippen molar-refractivity contribution < 1.29 is 15.3 Å². The van der Waals surface area contributed by atoms with E-state index >= 15 is 0 Å². The Kier molecular flexibility index (Phi) is 7.81. The van der Waals surface area contributed by atoms with Crippen LogP contribution in [0.2, 0.25) is 0 Å². The molecule has 4 heteroatoms. The van der Waals surface area contributed by atoms with Crippen molar-refractivity contribution in [3.8, 4) is 0 Å². The first-order chi connectivity index (χ1) is 26.7. The maximum atomic E-state index is 12.9. The Bertz CT molecular complexity index is 1990.